The van der Waals surface area contributed by atoms with Crippen LogP contribution in [-0.2, 0) is 0 Å². The Morgan fingerprint density at radius 2 is 1.95 bits per heavy atom. The quantitative estimate of drug-likeness (QED) is 0.761. The maximum atomic E-state index is 11.8. The van der Waals surface area contributed by atoms with Crippen LogP contribution in [0.5, 0.6) is 0 Å². The van der Waals surface area contributed by atoms with Crippen LogP contribution in [0, 0.1) is 13.8 Å². The van der Waals surface area contributed by atoms with Crippen LogP contribution in [0.1, 0.15) is 10.6 Å². The normalized spacial score (nSPS) is 10.7. The van der Waals surface area contributed by atoms with E-state index in [9.17, 15) is 4.79 Å². The van der Waals surface area contributed by atoms with Gasteiger partial charge in [-0.05, 0) is 26.0 Å². The summed E-state index contributed by atoms with van der Waals surface area (Å²) in [4.78, 5) is 18.0. The Morgan fingerprint density at radius 3 is 2.65 bits per heavy atom. The van der Waals surface area contributed by atoms with E-state index in [-0.39, 0.29) is 6.03 Å². The summed E-state index contributed by atoms with van der Waals surface area (Å²) in [5.41, 5.74) is 1.76. The molecule has 102 valence electrons. The molecule has 0 radical (unpaired) electrons. The van der Waals surface area contributed by atoms with Crippen molar-refractivity contribution >= 4 is 34.0 Å². The monoisotopic (exact) mass is 287 g/mol. The van der Waals surface area contributed by atoms with Gasteiger partial charge in [-0.15, -0.1) is 5.10 Å². The number of rotatable bonds is 2. The Morgan fingerprint density at radius 1 is 1.20 bits per heavy atom. The first-order chi connectivity index (χ1) is 9.63. The Hall–Kier alpha value is -2.41. The van der Waals surface area contributed by atoms with Gasteiger partial charge in [-0.1, -0.05) is 29.5 Å². The van der Waals surface area contributed by atoms with Gasteiger partial charge in [-0.3, -0.25) is 5.32 Å². The smallest absolute Gasteiger partial charge is 0.308 e. The zero-order valence-corrected chi connectivity index (χ0v) is 11.9. The number of carbonyl (C=O) groups excluding carboxylic acids is 1. The predicted molar refractivity (Wildman–Crippen MR) is 79.4 cm³/mol. The third kappa shape index (κ3) is 2.35. The number of nitrogens with zero attached hydrogens (tertiary/aromatic N) is 3. The van der Waals surface area contributed by atoms with Crippen molar-refractivity contribution in [1.82, 2.24) is 14.6 Å². The van der Waals surface area contributed by atoms with Crippen LogP contribution in [-0.4, -0.2) is 20.6 Å². The van der Waals surface area contributed by atoms with Gasteiger partial charge in [0.05, 0.1) is 5.69 Å². The number of aryl methyl sites for hydroxylation is 2. The molecular formula is C13H13N5OS. The second-order valence-electron chi connectivity index (χ2n) is 4.32. The molecule has 0 fully saturated rings. The van der Waals surface area contributed by atoms with Crippen molar-refractivity contribution in [1.29, 1.82) is 0 Å². The number of carbonyl (C=O) groups is 1. The lowest BCUT2D eigenvalue weighted by molar-refractivity contribution is 0.262. The second kappa shape index (κ2) is 4.93. The molecule has 3 rings (SSSR count). The van der Waals surface area contributed by atoms with E-state index in [1.54, 1.807) is 15.9 Å². The first kappa shape index (κ1) is 12.6. The minimum atomic E-state index is -0.358. The number of hydrogen-bond donors (Lipinski definition) is 2. The Kier molecular flexibility index (Phi) is 3.11. The van der Waals surface area contributed by atoms with Crippen LogP contribution in [0.15, 0.2) is 30.3 Å². The Balaban J connectivity index is 1.74. The molecule has 0 aliphatic heterocycles. The summed E-state index contributed by atoms with van der Waals surface area (Å²) < 4.78 is 1.73. The number of nitrogens with one attached hydrogen (secondary N) is 2. The summed E-state index contributed by atoms with van der Waals surface area (Å²) in [6.07, 6.45) is 0. The Labute approximate surface area is 119 Å². The van der Waals surface area contributed by atoms with Gasteiger partial charge >= 0.3 is 6.03 Å². The number of benzene rings is 1. The number of para-hydroxylation sites is 1. The van der Waals surface area contributed by atoms with Gasteiger partial charge < -0.3 is 5.32 Å². The van der Waals surface area contributed by atoms with Crippen LogP contribution >= 0.6 is 11.3 Å². The molecule has 3 aromatic rings. The third-order valence-electron chi connectivity index (χ3n) is 2.91. The number of amides is 2. The molecule has 2 amide bonds. The van der Waals surface area contributed by atoms with Crippen molar-refractivity contribution in [3.63, 3.8) is 0 Å². The Bertz CT molecular complexity index is 762. The van der Waals surface area contributed by atoms with Gasteiger partial charge in [-0.2, -0.15) is 4.98 Å². The van der Waals surface area contributed by atoms with E-state index >= 15 is 0 Å². The molecule has 2 heterocycles. The average molecular weight is 287 g/mol. The van der Waals surface area contributed by atoms with Gasteiger partial charge in [0.1, 0.15) is 0 Å². The lowest BCUT2D eigenvalue weighted by Crippen LogP contribution is -2.20. The fourth-order valence-electron chi connectivity index (χ4n) is 1.78. The number of anilines is 2. The zero-order valence-electron chi connectivity index (χ0n) is 11.0. The molecule has 0 spiro atoms. The van der Waals surface area contributed by atoms with Gasteiger partial charge in [0, 0.05) is 10.6 Å². The molecule has 0 bridgehead atoms. The molecule has 0 aliphatic rings. The summed E-state index contributed by atoms with van der Waals surface area (Å²) in [7, 11) is 0. The van der Waals surface area contributed by atoms with Crippen molar-refractivity contribution in [2.75, 3.05) is 10.6 Å². The van der Waals surface area contributed by atoms with Crippen LogP contribution in [0.25, 0.3) is 4.96 Å². The molecule has 20 heavy (non-hydrogen) atoms. The van der Waals surface area contributed by atoms with Crippen molar-refractivity contribution in [2.45, 2.75) is 13.8 Å². The molecule has 0 aliphatic carbocycles. The summed E-state index contributed by atoms with van der Waals surface area (Å²) in [5.74, 6) is 0.299. The molecule has 7 heteroatoms. The van der Waals surface area contributed by atoms with Gasteiger partial charge in [0.15, 0.2) is 0 Å². The SMILES string of the molecule is Cc1sc2nc(NC(=O)Nc3ccccc3)nn2c1C. The number of urea groups is 1. The number of hydrogen-bond acceptors (Lipinski definition) is 4. The molecule has 0 unspecified atom stereocenters. The van der Waals surface area contributed by atoms with E-state index in [4.69, 9.17) is 0 Å². The van der Waals surface area contributed by atoms with Crippen LogP contribution in [0.2, 0.25) is 0 Å². The molecular weight excluding hydrogens is 274 g/mol. The average Bonchev–Trinajstić information content (AvgIpc) is 2.91. The van der Waals surface area contributed by atoms with Crippen LogP contribution in [0.3, 0.4) is 0 Å². The highest BCUT2D eigenvalue weighted by Gasteiger charge is 2.12. The maximum Gasteiger partial charge on any atom is 0.326 e. The maximum absolute atomic E-state index is 11.8. The van der Waals surface area contributed by atoms with Gasteiger partial charge in [0.2, 0.25) is 4.96 Å². The van der Waals surface area contributed by atoms with Crippen LogP contribution < -0.4 is 10.6 Å². The third-order valence-corrected chi connectivity index (χ3v) is 3.95. The minimum Gasteiger partial charge on any atom is -0.308 e. The zero-order chi connectivity index (χ0) is 14.1. The van der Waals surface area contributed by atoms with Crippen molar-refractivity contribution in [3.8, 4) is 0 Å². The predicted octanol–water partition coefficient (Wildman–Crippen LogP) is 3.05. The van der Waals surface area contributed by atoms with Crippen LogP contribution in [0.4, 0.5) is 16.4 Å². The number of fused-ring (bicyclic) bond motifs is 1. The summed E-state index contributed by atoms with van der Waals surface area (Å²) in [6.45, 7) is 3.99. The molecule has 2 N–H and O–H groups in total. The van der Waals surface area contributed by atoms with Gasteiger partial charge in [0.25, 0.3) is 5.95 Å². The van der Waals surface area contributed by atoms with E-state index in [0.29, 0.717) is 5.95 Å². The molecule has 6 nitrogen and oxygen atoms in total. The largest absolute Gasteiger partial charge is 0.326 e. The first-order valence-corrected chi connectivity index (χ1v) is 6.91. The molecule has 0 atom stereocenters. The van der Waals surface area contributed by atoms with E-state index in [1.165, 1.54) is 4.88 Å². The van der Waals surface area contributed by atoms with E-state index in [0.717, 1.165) is 16.3 Å². The highest BCUT2D eigenvalue weighted by atomic mass is 32.1. The number of thiazole rings is 1. The van der Waals surface area contributed by atoms with E-state index in [1.807, 2.05) is 44.2 Å². The summed E-state index contributed by atoms with van der Waals surface area (Å²) in [5, 5.41) is 9.60. The molecule has 2 aromatic heterocycles. The van der Waals surface area contributed by atoms with Crippen molar-refractivity contribution in [3.05, 3.63) is 40.9 Å². The lowest BCUT2D eigenvalue weighted by atomic mass is 10.3. The highest BCUT2D eigenvalue weighted by Crippen LogP contribution is 2.21. The summed E-state index contributed by atoms with van der Waals surface area (Å²) in [6, 6.07) is 8.86. The van der Waals surface area contributed by atoms with Crippen molar-refractivity contribution < 1.29 is 4.79 Å². The summed E-state index contributed by atoms with van der Waals surface area (Å²) >= 11 is 1.55. The fraction of sp³-hybridized carbons (Fsp3) is 0.154. The topological polar surface area (TPSA) is 71.3 Å². The van der Waals surface area contributed by atoms with E-state index < -0.39 is 0 Å². The highest BCUT2D eigenvalue weighted by molar-refractivity contribution is 7.17. The van der Waals surface area contributed by atoms with Gasteiger partial charge in [-0.25, -0.2) is 9.31 Å². The molecule has 1 aromatic carbocycles. The standard InChI is InChI=1S/C13H13N5OS/c1-8-9(2)20-13-16-11(17-18(8)13)15-12(19)14-10-6-4-3-5-7-10/h3-7H,1-2H3,(H2,14,15,17,19). The fourth-order valence-corrected chi connectivity index (χ4v) is 2.68. The molecule has 0 saturated heterocycles. The first-order valence-electron chi connectivity index (χ1n) is 6.09. The lowest BCUT2D eigenvalue weighted by Gasteiger charge is -2.03. The second-order valence-corrected chi connectivity index (χ2v) is 5.50. The minimum absolute atomic E-state index is 0.299. The number of aromatic nitrogens is 3. The van der Waals surface area contributed by atoms with Crippen molar-refractivity contribution in [2.24, 2.45) is 0 Å². The molecule has 0 saturated carbocycles. The van der Waals surface area contributed by atoms with E-state index in [2.05, 4.69) is 20.7 Å².